The summed E-state index contributed by atoms with van der Waals surface area (Å²) in [6, 6.07) is 15.4. The minimum Gasteiger partial charge on any atom is -0.497 e. The third kappa shape index (κ3) is 5.12. The third-order valence-electron chi connectivity index (χ3n) is 5.01. The molecule has 8 nitrogen and oxygen atoms in total. The van der Waals surface area contributed by atoms with Crippen molar-refractivity contribution in [1.82, 2.24) is 14.5 Å². The van der Waals surface area contributed by atoms with Crippen LogP contribution < -0.4 is 10.1 Å². The van der Waals surface area contributed by atoms with Gasteiger partial charge in [-0.05, 0) is 42.7 Å². The number of thioether (sulfide) groups is 1. The molecule has 2 heterocycles. The molecule has 1 N–H and O–H groups in total. The van der Waals surface area contributed by atoms with E-state index < -0.39 is 22.0 Å². The summed E-state index contributed by atoms with van der Waals surface area (Å²) < 4.78 is 33.3. The number of nitrogens with zero attached hydrogens (tertiary/aromatic N) is 3. The van der Waals surface area contributed by atoms with Crippen LogP contribution in [0.15, 0.2) is 63.8 Å². The SMILES string of the molecule is COc1ccc(S(=O)(=O)N2CCCC2C(=O)Nc2nnc(SCc3ccccc3)s2)cc1. The van der Waals surface area contributed by atoms with Crippen LogP contribution in [0.1, 0.15) is 18.4 Å². The maximum absolute atomic E-state index is 13.1. The zero-order valence-electron chi connectivity index (χ0n) is 17.3. The molecule has 0 radical (unpaired) electrons. The average Bonchev–Trinajstić information content (AvgIpc) is 3.48. The number of nitrogens with one attached hydrogen (secondary N) is 1. The first-order chi connectivity index (χ1) is 15.5. The first-order valence-corrected chi connectivity index (χ1v) is 13.2. The number of aromatic nitrogens is 2. The maximum Gasteiger partial charge on any atom is 0.244 e. The highest BCUT2D eigenvalue weighted by molar-refractivity contribution is 8.00. The van der Waals surface area contributed by atoms with Crippen molar-refractivity contribution in [3.63, 3.8) is 0 Å². The number of carbonyl (C=O) groups excluding carboxylic acids is 1. The summed E-state index contributed by atoms with van der Waals surface area (Å²) in [5.74, 6) is 0.923. The van der Waals surface area contributed by atoms with Gasteiger partial charge in [-0.2, -0.15) is 4.31 Å². The molecule has 11 heteroatoms. The molecule has 1 fully saturated rings. The molecule has 1 saturated heterocycles. The first kappa shape index (κ1) is 22.7. The van der Waals surface area contributed by atoms with Crippen LogP contribution >= 0.6 is 23.1 Å². The number of rotatable bonds is 8. The lowest BCUT2D eigenvalue weighted by Crippen LogP contribution is -2.43. The molecule has 4 rings (SSSR count). The van der Waals surface area contributed by atoms with Gasteiger partial charge in [0, 0.05) is 12.3 Å². The molecule has 0 saturated carbocycles. The molecular formula is C21H22N4O4S3. The number of hydrogen-bond acceptors (Lipinski definition) is 8. The molecule has 3 aromatic rings. The molecule has 2 aromatic carbocycles. The van der Waals surface area contributed by atoms with Crippen molar-refractivity contribution in [2.24, 2.45) is 0 Å². The minimum absolute atomic E-state index is 0.133. The zero-order valence-corrected chi connectivity index (χ0v) is 19.8. The van der Waals surface area contributed by atoms with E-state index in [1.54, 1.807) is 12.1 Å². The standard InChI is InChI=1S/C21H22N4O4S3/c1-29-16-9-11-17(12-10-16)32(27,28)25-13-5-8-18(25)19(26)22-20-23-24-21(31-20)30-14-15-6-3-2-4-7-15/h2-4,6-7,9-12,18H,5,8,13-14H2,1H3,(H,22,23,26). The van der Waals surface area contributed by atoms with E-state index in [4.69, 9.17) is 4.74 Å². The molecule has 1 unspecified atom stereocenters. The van der Waals surface area contributed by atoms with E-state index in [9.17, 15) is 13.2 Å². The lowest BCUT2D eigenvalue weighted by atomic mass is 10.2. The number of methoxy groups -OCH3 is 1. The second-order valence-electron chi connectivity index (χ2n) is 7.09. The van der Waals surface area contributed by atoms with Gasteiger partial charge >= 0.3 is 0 Å². The smallest absolute Gasteiger partial charge is 0.244 e. The van der Waals surface area contributed by atoms with Crippen molar-refractivity contribution < 1.29 is 17.9 Å². The van der Waals surface area contributed by atoms with E-state index in [-0.39, 0.29) is 4.90 Å². The Labute approximate surface area is 195 Å². The normalized spacial score (nSPS) is 16.7. The third-order valence-corrected chi connectivity index (χ3v) is 8.98. The Morgan fingerprint density at radius 3 is 2.66 bits per heavy atom. The number of benzene rings is 2. The first-order valence-electron chi connectivity index (χ1n) is 9.94. The second kappa shape index (κ2) is 9.99. The van der Waals surface area contributed by atoms with Gasteiger partial charge in [0.15, 0.2) is 4.34 Å². The van der Waals surface area contributed by atoms with Gasteiger partial charge in [-0.1, -0.05) is 53.4 Å². The highest BCUT2D eigenvalue weighted by atomic mass is 32.2. The van der Waals surface area contributed by atoms with Crippen LogP contribution in [0.4, 0.5) is 5.13 Å². The molecule has 1 aliphatic rings. The van der Waals surface area contributed by atoms with E-state index in [1.165, 1.54) is 52.2 Å². The van der Waals surface area contributed by atoms with Crippen molar-refractivity contribution in [2.75, 3.05) is 19.0 Å². The number of amides is 1. The van der Waals surface area contributed by atoms with Gasteiger partial charge in [-0.25, -0.2) is 8.42 Å². The molecule has 1 aliphatic heterocycles. The predicted molar refractivity (Wildman–Crippen MR) is 124 cm³/mol. The largest absolute Gasteiger partial charge is 0.497 e. The van der Waals surface area contributed by atoms with Gasteiger partial charge in [0.25, 0.3) is 0 Å². The summed E-state index contributed by atoms with van der Waals surface area (Å²) in [7, 11) is -2.29. The van der Waals surface area contributed by atoms with Crippen molar-refractivity contribution in [2.45, 2.75) is 33.9 Å². The van der Waals surface area contributed by atoms with Crippen LogP contribution in [0.25, 0.3) is 0 Å². The van der Waals surface area contributed by atoms with Crippen molar-refractivity contribution in [1.29, 1.82) is 0 Å². The molecule has 0 spiro atoms. The zero-order chi connectivity index (χ0) is 22.6. The monoisotopic (exact) mass is 490 g/mol. The van der Waals surface area contributed by atoms with Crippen molar-refractivity contribution in [3.05, 3.63) is 60.2 Å². The fraction of sp³-hybridized carbons (Fsp3) is 0.286. The van der Waals surface area contributed by atoms with Gasteiger partial charge in [0.2, 0.25) is 21.1 Å². The van der Waals surface area contributed by atoms with Gasteiger partial charge < -0.3 is 4.74 Å². The Morgan fingerprint density at radius 2 is 1.94 bits per heavy atom. The van der Waals surface area contributed by atoms with Gasteiger partial charge in [0.05, 0.1) is 12.0 Å². The van der Waals surface area contributed by atoms with Crippen molar-refractivity contribution in [3.8, 4) is 5.75 Å². The van der Waals surface area contributed by atoms with E-state index in [2.05, 4.69) is 15.5 Å². The molecule has 0 aliphatic carbocycles. The Hall–Kier alpha value is -2.47. The quantitative estimate of drug-likeness (QED) is 0.380. The lowest BCUT2D eigenvalue weighted by Gasteiger charge is -2.23. The fourth-order valence-corrected chi connectivity index (χ4v) is 6.77. The minimum atomic E-state index is -3.80. The number of ether oxygens (including phenoxy) is 1. The highest BCUT2D eigenvalue weighted by Crippen LogP contribution is 2.31. The Bertz CT molecular complexity index is 1170. The molecule has 32 heavy (non-hydrogen) atoms. The van der Waals surface area contributed by atoms with Crippen LogP contribution in [-0.4, -0.2) is 48.5 Å². The van der Waals surface area contributed by atoms with Gasteiger partial charge in [-0.15, -0.1) is 10.2 Å². The van der Waals surface area contributed by atoms with E-state index in [0.29, 0.717) is 30.3 Å². The summed E-state index contributed by atoms with van der Waals surface area (Å²) >= 11 is 2.81. The van der Waals surface area contributed by atoms with Crippen LogP contribution in [0.2, 0.25) is 0 Å². The lowest BCUT2D eigenvalue weighted by molar-refractivity contribution is -0.119. The molecule has 1 atom stereocenters. The van der Waals surface area contributed by atoms with E-state index in [1.807, 2.05) is 30.3 Å². The Kier molecular flexibility index (Phi) is 7.09. The molecular weight excluding hydrogens is 468 g/mol. The number of sulfonamides is 1. The summed E-state index contributed by atoms with van der Waals surface area (Å²) in [4.78, 5) is 13.0. The summed E-state index contributed by atoms with van der Waals surface area (Å²) in [5, 5.41) is 11.3. The summed E-state index contributed by atoms with van der Waals surface area (Å²) in [6.45, 7) is 0.292. The summed E-state index contributed by atoms with van der Waals surface area (Å²) in [6.07, 6.45) is 1.07. The van der Waals surface area contributed by atoms with Crippen LogP contribution in [0.5, 0.6) is 5.75 Å². The topological polar surface area (TPSA) is 101 Å². The second-order valence-corrected chi connectivity index (χ2v) is 11.2. The number of anilines is 1. The van der Waals surface area contributed by atoms with E-state index >= 15 is 0 Å². The van der Waals surface area contributed by atoms with Crippen molar-refractivity contribution >= 4 is 44.2 Å². The molecule has 168 valence electrons. The predicted octanol–water partition coefficient (Wildman–Crippen LogP) is 3.63. The number of hydrogen-bond donors (Lipinski definition) is 1. The maximum atomic E-state index is 13.1. The molecule has 1 aromatic heterocycles. The van der Waals surface area contributed by atoms with Gasteiger partial charge in [0.1, 0.15) is 11.8 Å². The number of carbonyl (C=O) groups is 1. The van der Waals surface area contributed by atoms with Crippen LogP contribution in [-0.2, 0) is 20.6 Å². The van der Waals surface area contributed by atoms with Crippen LogP contribution in [0.3, 0.4) is 0 Å². The Morgan fingerprint density at radius 1 is 1.19 bits per heavy atom. The highest BCUT2D eigenvalue weighted by Gasteiger charge is 2.39. The van der Waals surface area contributed by atoms with Gasteiger partial charge in [-0.3, -0.25) is 10.1 Å². The molecule has 1 amide bonds. The Balaban J connectivity index is 1.41. The molecule has 0 bridgehead atoms. The summed E-state index contributed by atoms with van der Waals surface area (Å²) in [5.41, 5.74) is 1.17. The average molecular weight is 491 g/mol. The van der Waals surface area contributed by atoms with E-state index in [0.717, 1.165) is 10.1 Å². The fourth-order valence-electron chi connectivity index (χ4n) is 3.40. The van der Waals surface area contributed by atoms with Crippen LogP contribution in [0, 0.1) is 0 Å².